The predicted octanol–water partition coefficient (Wildman–Crippen LogP) is 5.46. The summed E-state index contributed by atoms with van der Waals surface area (Å²) in [6.07, 6.45) is 3.46. The molecule has 1 aliphatic rings. The number of nitrogens with zero attached hydrogens (tertiary/aromatic N) is 1. The van der Waals surface area contributed by atoms with Gasteiger partial charge in [0.2, 0.25) is 0 Å². The summed E-state index contributed by atoms with van der Waals surface area (Å²) in [4.78, 5) is 39.1. The van der Waals surface area contributed by atoms with Gasteiger partial charge in [0.1, 0.15) is 18.0 Å². The number of rotatable bonds is 8. The van der Waals surface area contributed by atoms with Gasteiger partial charge in [-0.15, -0.1) is 6.58 Å². The van der Waals surface area contributed by atoms with Gasteiger partial charge >= 0.3 is 6.03 Å². The van der Waals surface area contributed by atoms with Crippen molar-refractivity contribution in [2.75, 3.05) is 12.0 Å². The zero-order valence-corrected chi connectivity index (χ0v) is 20.5. The van der Waals surface area contributed by atoms with Crippen LogP contribution in [0.25, 0.3) is 6.08 Å². The average molecular weight is 521 g/mol. The molecule has 7 nitrogen and oxygen atoms in total. The van der Waals surface area contributed by atoms with Crippen molar-refractivity contribution in [3.63, 3.8) is 0 Å². The van der Waals surface area contributed by atoms with E-state index in [2.05, 4.69) is 11.9 Å². The van der Waals surface area contributed by atoms with E-state index in [1.54, 1.807) is 30.3 Å². The molecule has 0 aromatic heterocycles. The maximum Gasteiger partial charge on any atom is 0.335 e. The van der Waals surface area contributed by atoms with E-state index in [1.807, 2.05) is 0 Å². The highest BCUT2D eigenvalue weighted by Crippen LogP contribution is 2.35. The quantitative estimate of drug-likeness (QED) is 0.242. The van der Waals surface area contributed by atoms with Crippen LogP contribution in [0.3, 0.4) is 0 Å². The Morgan fingerprint density at radius 2 is 1.76 bits per heavy atom. The predicted molar refractivity (Wildman–Crippen MR) is 138 cm³/mol. The second-order valence-electron chi connectivity index (χ2n) is 8.05. The fourth-order valence-electron chi connectivity index (χ4n) is 3.77. The molecule has 0 unspecified atom stereocenters. The molecule has 0 bridgehead atoms. The summed E-state index contributed by atoms with van der Waals surface area (Å²) in [5.41, 5.74) is 1.96. The lowest BCUT2D eigenvalue weighted by atomic mass is 10.0. The lowest BCUT2D eigenvalue weighted by Crippen LogP contribution is -2.54. The summed E-state index contributed by atoms with van der Waals surface area (Å²) in [5, 5.41) is 2.63. The van der Waals surface area contributed by atoms with Crippen LogP contribution in [-0.2, 0) is 22.6 Å². The number of barbiturate groups is 1. The number of carbonyl (C=O) groups excluding carboxylic acids is 3. The molecule has 0 radical (unpaired) electrons. The van der Waals surface area contributed by atoms with E-state index in [0.717, 1.165) is 10.5 Å². The first kappa shape index (κ1) is 25.7. The first-order valence-electron chi connectivity index (χ1n) is 11.2. The fourth-order valence-corrected chi connectivity index (χ4v) is 3.90. The van der Waals surface area contributed by atoms with Gasteiger partial charge in [0.05, 0.1) is 12.8 Å². The van der Waals surface area contributed by atoms with Gasteiger partial charge in [-0.3, -0.25) is 14.9 Å². The van der Waals surface area contributed by atoms with Crippen molar-refractivity contribution in [3.05, 3.63) is 106 Å². The summed E-state index contributed by atoms with van der Waals surface area (Å²) >= 11 is 5.91. The summed E-state index contributed by atoms with van der Waals surface area (Å²) in [5.74, 6) is -1.13. The molecule has 0 aliphatic carbocycles. The second-order valence-corrected chi connectivity index (χ2v) is 8.49. The Morgan fingerprint density at radius 1 is 1.05 bits per heavy atom. The monoisotopic (exact) mass is 520 g/mol. The maximum atomic E-state index is 13.2. The van der Waals surface area contributed by atoms with Crippen LogP contribution in [0.5, 0.6) is 11.5 Å². The van der Waals surface area contributed by atoms with E-state index in [1.165, 1.54) is 49.6 Å². The number of benzene rings is 3. The SMILES string of the molecule is C=CCc1cc(/C=C2\C(=O)NC(=O)N(c3ccc(Cl)cc3)C2=O)cc(OC)c1OCc1ccc(F)cc1. The summed E-state index contributed by atoms with van der Waals surface area (Å²) < 4.78 is 24.8. The number of anilines is 1. The fraction of sp³-hybridized carbons (Fsp3) is 0.107. The summed E-state index contributed by atoms with van der Waals surface area (Å²) in [7, 11) is 1.47. The van der Waals surface area contributed by atoms with Crippen LogP contribution in [-0.4, -0.2) is 25.0 Å². The minimum absolute atomic E-state index is 0.167. The van der Waals surface area contributed by atoms with E-state index < -0.39 is 17.8 Å². The minimum Gasteiger partial charge on any atom is -0.493 e. The van der Waals surface area contributed by atoms with Crippen LogP contribution in [0, 0.1) is 5.82 Å². The number of hydrogen-bond donors (Lipinski definition) is 1. The molecule has 4 rings (SSSR count). The van der Waals surface area contributed by atoms with Gasteiger partial charge in [0, 0.05) is 10.6 Å². The number of allylic oxidation sites excluding steroid dienone is 1. The van der Waals surface area contributed by atoms with Crippen LogP contribution >= 0.6 is 11.6 Å². The number of nitrogens with one attached hydrogen (secondary N) is 1. The van der Waals surface area contributed by atoms with Gasteiger partial charge in [0.15, 0.2) is 11.5 Å². The van der Waals surface area contributed by atoms with Gasteiger partial charge in [-0.1, -0.05) is 29.8 Å². The van der Waals surface area contributed by atoms with Crippen LogP contribution in [0.2, 0.25) is 5.02 Å². The maximum absolute atomic E-state index is 13.2. The van der Waals surface area contributed by atoms with Crippen molar-refractivity contribution >= 4 is 41.2 Å². The first-order valence-corrected chi connectivity index (χ1v) is 11.5. The number of imide groups is 2. The highest BCUT2D eigenvalue weighted by molar-refractivity contribution is 6.39. The third-order valence-electron chi connectivity index (χ3n) is 5.53. The molecule has 1 heterocycles. The Labute approximate surface area is 217 Å². The van der Waals surface area contributed by atoms with E-state index in [4.69, 9.17) is 21.1 Å². The highest BCUT2D eigenvalue weighted by Gasteiger charge is 2.36. The first-order chi connectivity index (χ1) is 17.8. The van der Waals surface area contributed by atoms with Gasteiger partial charge < -0.3 is 9.47 Å². The molecular weight excluding hydrogens is 499 g/mol. The number of hydrogen-bond acceptors (Lipinski definition) is 5. The summed E-state index contributed by atoms with van der Waals surface area (Å²) in [6, 6.07) is 14.5. The van der Waals surface area contributed by atoms with Crippen molar-refractivity contribution in [2.24, 2.45) is 0 Å². The largest absolute Gasteiger partial charge is 0.493 e. The Balaban J connectivity index is 1.69. The van der Waals surface area contributed by atoms with Crippen LogP contribution in [0.1, 0.15) is 16.7 Å². The third kappa shape index (κ3) is 5.70. The van der Waals surface area contributed by atoms with Crippen molar-refractivity contribution in [1.82, 2.24) is 5.32 Å². The Morgan fingerprint density at radius 3 is 2.41 bits per heavy atom. The Bertz CT molecular complexity index is 1400. The Kier molecular flexibility index (Phi) is 7.69. The van der Waals surface area contributed by atoms with Crippen molar-refractivity contribution in [2.45, 2.75) is 13.0 Å². The lowest BCUT2D eigenvalue weighted by Gasteiger charge is -2.26. The normalized spacial score (nSPS) is 14.5. The molecule has 3 aromatic carbocycles. The zero-order chi connectivity index (χ0) is 26.5. The zero-order valence-electron chi connectivity index (χ0n) is 19.8. The van der Waals surface area contributed by atoms with Gasteiger partial charge in [-0.2, -0.15) is 0 Å². The number of carbonyl (C=O) groups is 3. The average Bonchev–Trinajstić information content (AvgIpc) is 2.88. The molecule has 3 aromatic rings. The highest BCUT2D eigenvalue weighted by atomic mass is 35.5. The van der Waals surface area contributed by atoms with Crippen LogP contribution < -0.4 is 19.7 Å². The summed E-state index contributed by atoms with van der Waals surface area (Å²) in [6.45, 7) is 3.95. The van der Waals surface area contributed by atoms with Gasteiger partial charge in [-0.05, 0) is 72.2 Å². The topological polar surface area (TPSA) is 84.9 Å². The van der Waals surface area contributed by atoms with Crippen LogP contribution in [0.4, 0.5) is 14.9 Å². The molecule has 1 aliphatic heterocycles. The second kappa shape index (κ2) is 11.1. The van der Waals surface area contributed by atoms with Gasteiger partial charge in [-0.25, -0.2) is 14.1 Å². The Hall–Kier alpha value is -4.43. The number of methoxy groups -OCH3 is 1. The third-order valence-corrected chi connectivity index (χ3v) is 5.78. The number of urea groups is 1. The van der Waals surface area contributed by atoms with Crippen LogP contribution in [0.15, 0.2) is 78.9 Å². The van der Waals surface area contributed by atoms with E-state index in [-0.39, 0.29) is 23.7 Å². The number of halogens is 2. The van der Waals surface area contributed by atoms with Crippen molar-refractivity contribution in [1.29, 1.82) is 0 Å². The molecule has 1 N–H and O–H groups in total. The lowest BCUT2D eigenvalue weighted by molar-refractivity contribution is -0.122. The molecular formula is C28H22ClFN2O5. The number of amides is 4. The number of ether oxygens (including phenoxy) is 2. The molecule has 1 saturated heterocycles. The molecule has 9 heteroatoms. The van der Waals surface area contributed by atoms with E-state index in [0.29, 0.717) is 34.1 Å². The minimum atomic E-state index is -0.857. The molecule has 4 amide bonds. The van der Waals surface area contributed by atoms with E-state index >= 15 is 0 Å². The molecule has 0 spiro atoms. The molecule has 37 heavy (non-hydrogen) atoms. The molecule has 1 fully saturated rings. The molecule has 188 valence electrons. The molecule has 0 saturated carbocycles. The smallest absolute Gasteiger partial charge is 0.335 e. The molecule has 0 atom stereocenters. The van der Waals surface area contributed by atoms with Crippen molar-refractivity contribution < 1.29 is 28.2 Å². The van der Waals surface area contributed by atoms with Crippen molar-refractivity contribution in [3.8, 4) is 11.5 Å². The van der Waals surface area contributed by atoms with Gasteiger partial charge in [0.25, 0.3) is 11.8 Å². The van der Waals surface area contributed by atoms with E-state index in [9.17, 15) is 18.8 Å². The standard InChI is InChI=1S/C28H22ClFN2O5/c1-3-4-19-13-18(15-24(36-2)25(19)37-16-17-5-9-21(30)10-6-17)14-23-26(33)31-28(35)32(27(23)34)22-11-7-20(29)8-12-22/h3,5-15H,1,4,16H2,2H3,(H,31,33,35)/b23-14+.